The molecule has 0 unspecified atom stereocenters. The molecule has 11 nitrogen and oxygen atoms in total. The molecule has 2 aromatic carbocycles. The molecular weight excluding hydrogens is 530 g/mol. The highest BCUT2D eigenvalue weighted by molar-refractivity contribution is 7.89. The molecule has 0 spiro atoms. The van der Waals surface area contributed by atoms with Crippen molar-refractivity contribution in [2.75, 3.05) is 44.7 Å². The number of aromatic nitrogens is 3. The van der Waals surface area contributed by atoms with Gasteiger partial charge in [-0.25, -0.2) is 17.7 Å². The lowest BCUT2D eigenvalue weighted by molar-refractivity contribution is 0.0383. The molecule has 12 heteroatoms. The van der Waals surface area contributed by atoms with Gasteiger partial charge in [-0.2, -0.15) is 4.98 Å². The van der Waals surface area contributed by atoms with Crippen LogP contribution in [0.2, 0.25) is 0 Å². The number of hydrogen-bond acceptors (Lipinski definition) is 8. The van der Waals surface area contributed by atoms with Crippen molar-refractivity contribution in [3.8, 4) is 11.3 Å². The number of carbonyl (C=O) groups is 1. The Hall–Kier alpha value is -3.84. The zero-order valence-corrected chi connectivity index (χ0v) is 23.3. The third kappa shape index (κ3) is 6.65. The summed E-state index contributed by atoms with van der Waals surface area (Å²) < 4.78 is 35.0. The average Bonchev–Trinajstić information content (AvgIpc) is 3.36. The summed E-state index contributed by atoms with van der Waals surface area (Å²) in [6.45, 7) is 8.18. The molecule has 1 aliphatic rings. The lowest BCUT2D eigenvalue weighted by atomic mass is 10.1. The fourth-order valence-corrected chi connectivity index (χ4v) is 5.76. The number of hydrogen-bond donors (Lipinski definition) is 3. The summed E-state index contributed by atoms with van der Waals surface area (Å²) >= 11 is 0. The zero-order chi connectivity index (χ0) is 28.1. The summed E-state index contributed by atoms with van der Waals surface area (Å²) in [5, 5.41) is 10.8. The van der Waals surface area contributed by atoms with E-state index in [1.165, 1.54) is 0 Å². The van der Waals surface area contributed by atoms with E-state index < -0.39 is 10.0 Å². The highest BCUT2D eigenvalue weighted by atomic mass is 32.2. The Balaban J connectivity index is 1.27. The Morgan fingerprint density at radius 2 is 1.77 bits per heavy atom. The predicted molar refractivity (Wildman–Crippen MR) is 153 cm³/mol. The highest BCUT2D eigenvalue weighted by Crippen LogP contribution is 2.24. The molecule has 5 rings (SSSR count). The van der Waals surface area contributed by atoms with Crippen LogP contribution in [0.5, 0.6) is 0 Å². The number of rotatable bonds is 10. The van der Waals surface area contributed by atoms with Crippen molar-refractivity contribution in [1.82, 2.24) is 29.5 Å². The molecule has 0 aliphatic carbocycles. The number of nitrogens with one attached hydrogen (secondary N) is 3. The maximum Gasteiger partial charge on any atom is 0.251 e. The van der Waals surface area contributed by atoms with Crippen LogP contribution in [0.1, 0.15) is 24.2 Å². The van der Waals surface area contributed by atoms with Crippen LogP contribution in [0.15, 0.2) is 71.6 Å². The van der Waals surface area contributed by atoms with E-state index in [0.717, 1.165) is 38.5 Å². The van der Waals surface area contributed by atoms with Gasteiger partial charge in [-0.3, -0.25) is 9.69 Å². The van der Waals surface area contributed by atoms with Crippen molar-refractivity contribution in [1.29, 1.82) is 0 Å². The number of carbonyl (C=O) groups excluding carboxylic acids is 1. The minimum absolute atomic E-state index is 0.122. The van der Waals surface area contributed by atoms with Gasteiger partial charge in [0.05, 0.1) is 23.8 Å². The second-order valence-corrected chi connectivity index (χ2v) is 11.5. The highest BCUT2D eigenvalue weighted by Gasteiger charge is 2.17. The van der Waals surface area contributed by atoms with E-state index in [4.69, 9.17) is 4.74 Å². The van der Waals surface area contributed by atoms with Crippen LogP contribution >= 0.6 is 0 Å². The van der Waals surface area contributed by atoms with E-state index in [1.807, 2.05) is 24.3 Å². The van der Waals surface area contributed by atoms with Crippen molar-refractivity contribution >= 4 is 33.2 Å². The number of sulfonamides is 1. The van der Waals surface area contributed by atoms with Crippen molar-refractivity contribution in [3.05, 3.63) is 72.3 Å². The Kier molecular flexibility index (Phi) is 8.40. The first-order valence-electron chi connectivity index (χ1n) is 13.2. The molecule has 1 fully saturated rings. The maximum atomic E-state index is 12.7. The Labute approximate surface area is 233 Å². The molecule has 0 saturated carbocycles. The minimum atomic E-state index is -3.64. The van der Waals surface area contributed by atoms with Gasteiger partial charge < -0.3 is 15.4 Å². The minimum Gasteiger partial charge on any atom is -0.379 e. The van der Waals surface area contributed by atoms with Crippen LogP contribution in [-0.4, -0.2) is 79.3 Å². The fourth-order valence-electron chi connectivity index (χ4n) is 4.47. The normalized spacial score (nSPS) is 14.5. The largest absolute Gasteiger partial charge is 0.379 e. The van der Waals surface area contributed by atoms with Gasteiger partial charge in [-0.15, -0.1) is 5.10 Å². The molecule has 2 aromatic heterocycles. The molecule has 3 heterocycles. The van der Waals surface area contributed by atoms with Crippen molar-refractivity contribution < 1.29 is 17.9 Å². The molecule has 40 heavy (non-hydrogen) atoms. The Morgan fingerprint density at radius 1 is 1.02 bits per heavy atom. The smallest absolute Gasteiger partial charge is 0.251 e. The van der Waals surface area contributed by atoms with Crippen LogP contribution in [0.3, 0.4) is 0 Å². The monoisotopic (exact) mass is 563 g/mol. The Morgan fingerprint density at radius 3 is 2.52 bits per heavy atom. The van der Waals surface area contributed by atoms with Gasteiger partial charge in [-0.05, 0) is 62.4 Å². The molecule has 210 valence electrons. The summed E-state index contributed by atoms with van der Waals surface area (Å²) in [4.78, 5) is 19.6. The number of amides is 1. The molecule has 4 aromatic rings. The number of morpholine rings is 1. The molecule has 3 N–H and O–H groups in total. The van der Waals surface area contributed by atoms with Crippen molar-refractivity contribution in [3.63, 3.8) is 0 Å². The summed E-state index contributed by atoms with van der Waals surface area (Å²) in [5.41, 5.74) is 3.29. The topological polar surface area (TPSA) is 130 Å². The molecule has 0 radical (unpaired) electrons. The quantitative estimate of drug-likeness (QED) is 0.269. The zero-order valence-electron chi connectivity index (χ0n) is 22.5. The number of nitrogens with zero attached hydrogens (tertiary/aromatic N) is 4. The molecule has 0 bridgehead atoms. The van der Waals surface area contributed by atoms with E-state index in [1.54, 1.807) is 60.8 Å². The van der Waals surface area contributed by atoms with Gasteiger partial charge in [0, 0.05) is 49.0 Å². The lowest BCUT2D eigenvalue weighted by Crippen LogP contribution is -2.41. The predicted octanol–water partition coefficient (Wildman–Crippen LogP) is 2.89. The molecular formula is C28H33N7O4S. The van der Waals surface area contributed by atoms with Crippen LogP contribution < -0.4 is 15.4 Å². The number of fused-ring (bicyclic) bond motifs is 1. The van der Waals surface area contributed by atoms with E-state index in [-0.39, 0.29) is 16.8 Å². The summed E-state index contributed by atoms with van der Waals surface area (Å²) in [6.07, 6.45) is 0. The molecule has 1 aliphatic heterocycles. The first-order chi connectivity index (χ1) is 19.3. The number of pyridine rings is 1. The van der Waals surface area contributed by atoms with Crippen LogP contribution in [0, 0.1) is 0 Å². The summed E-state index contributed by atoms with van der Waals surface area (Å²) in [5.74, 6) is 0.253. The maximum absolute atomic E-state index is 12.7. The van der Waals surface area contributed by atoms with E-state index in [0.29, 0.717) is 35.0 Å². The van der Waals surface area contributed by atoms with Crippen molar-refractivity contribution in [2.24, 2.45) is 0 Å². The summed E-state index contributed by atoms with van der Waals surface area (Å²) in [7, 11) is -3.64. The van der Waals surface area contributed by atoms with Gasteiger partial charge in [0.25, 0.3) is 5.91 Å². The second kappa shape index (κ2) is 12.1. The van der Waals surface area contributed by atoms with E-state index in [2.05, 4.69) is 30.3 Å². The third-order valence-electron chi connectivity index (χ3n) is 6.41. The number of ether oxygens (including phenoxy) is 1. The molecule has 1 amide bonds. The standard InChI is InChI=1S/C28H33N7O4S/c1-20(2)33-40(37,38)24-6-3-5-22(19-24)25-7-4-8-26-31-28(32-35(25)26)30-23-11-9-21(10-12-23)27(36)29-13-14-34-15-17-39-18-16-34/h3-12,19-20,33H,13-18H2,1-2H3,(H,29,36)(H,30,32). The number of anilines is 2. The fraction of sp³-hybridized carbons (Fsp3) is 0.321. The first-order valence-corrected chi connectivity index (χ1v) is 14.7. The van der Waals surface area contributed by atoms with Crippen LogP contribution in [0.25, 0.3) is 16.9 Å². The van der Waals surface area contributed by atoms with Gasteiger partial charge in [-0.1, -0.05) is 18.2 Å². The third-order valence-corrected chi connectivity index (χ3v) is 8.07. The van der Waals surface area contributed by atoms with E-state index >= 15 is 0 Å². The van der Waals surface area contributed by atoms with Gasteiger partial charge in [0.15, 0.2) is 5.65 Å². The average molecular weight is 564 g/mol. The molecule has 1 saturated heterocycles. The number of benzene rings is 2. The van der Waals surface area contributed by atoms with Crippen molar-refractivity contribution in [2.45, 2.75) is 24.8 Å². The van der Waals surface area contributed by atoms with Gasteiger partial charge in [0.1, 0.15) is 0 Å². The van der Waals surface area contributed by atoms with Crippen LogP contribution in [0.4, 0.5) is 11.6 Å². The summed E-state index contributed by atoms with van der Waals surface area (Å²) in [6, 6.07) is 19.2. The second-order valence-electron chi connectivity index (χ2n) is 9.83. The molecule has 0 atom stereocenters. The van der Waals surface area contributed by atoms with Gasteiger partial charge >= 0.3 is 0 Å². The first kappa shape index (κ1) is 27.7. The lowest BCUT2D eigenvalue weighted by Gasteiger charge is -2.26. The van der Waals surface area contributed by atoms with Gasteiger partial charge in [0.2, 0.25) is 16.0 Å². The Bertz CT molecular complexity index is 1580. The van der Waals surface area contributed by atoms with E-state index in [9.17, 15) is 13.2 Å². The van der Waals surface area contributed by atoms with Crippen LogP contribution in [-0.2, 0) is 14.8 Å². The SMILES string of the molecule is CC(C)NS(=O)(=O)c1cccc(-c2cccc3nc(Nc4ccc(C(=O)NCCN5CCOCC5)cc4)nn23)c1.